The van der Waals surface area contributed by atoms with Crippen molar-refractivity contribution in [2.75, 3.05) is 5.32 Å². The monoisotopic (exact) mass is 446 g/mol. The number of carbonyl (C=O) groups excluding carboxylic acids is 1. The summed E-state index contributed by atoms with van der Waals surface area (Å²) in [6.07, 6.45) is -2.99. The lowest BCUT2D eigenvalue weighted by Crippen LogP contribution is -2.21. The minimum atomic E-state index is -4.58. The minimum absolute atomic E-state index is 0.156. The van der Waals surface area contributed by atoms with Crippen LogP contribution in [-0.4, -0.2) is 20.6 Å². The molecule has 10 heteroatoms. The normalized spacial score (nSPS) is 11.5. The summed E-state index contributed by atoms with van der Waals surface area (Å²) in [5.41, 5.74) is -0.129. The molecular formula is C21H14ClF3N4O2. The highest BCUT2D eigenvalue weighted by Gasteiger charge is 2.33. The van der Waals surface area contributed by atoms with E-state index in [4.69, 9.17) is 16.1 Å². The molecule has 0 aliphatic rings. The second-order valence-corrected chi connectivity index (χ2v) is 6.98. The van der Waals surface area contributed by atoms with Crippen molar-refractivity contribution < 1.29 is 22.5 Å². The summed E-state index contributed by atoms with van der Waals surface area (Å²) in [4.78, 5) is 16.8. The third-order valence-electron chi connectivity index (χ3n) is 4.38. The molecule has 0 unspecified atom stereocenters. The highest BCUT2D eigenvalue weighted by Crippen LogP contribution is 2.34. The quantitative estimate of drug-likeness (QED) is 0.438. The molecule has 0 radical (unpaired) electrons. The average molecular weight is 447 g/mol. The van der Waals surface area contributed by atoms with E-state index in [0.717, 1.165) is 6.07 Å². The van der Waals surface area contributed by atoms with Gasteiger partial charge in [-0.25, -0.2) is 0 Å². The molecule has 0 saturated heterocycles. The number of benzene rings is 2. The molecule has 6 nitrogen and oxygen atoms in total. The third kappa shape index (κ3) is 4.61. The number of aromatic nitrogens is 3. The largest absolute Gasteiger partial charge is 0.418 e. The molecule has 0 aliphatic heterocycles. The molecule has 4 aromatic rings. The van der Waals surface area contributed by atoms with Crippen molar-refractivity contribution in [3.05, 3.63) is 77.4 Å². The van der Waals surface area contributed by atoms with E-state index in [1.807, 2.05) is 0 Å². The second kappa shape index (κ2) is 8.27. The van der Waals surface area contributed by atoms with Crippen molar-refractivity contribution in [3.8, 4) is 23.0 Å². The predicted molar refractivity (Wildman–Crippen MR) is 108 cm³/mol. The SMILES string of the molecule is O=C(Cn1cccc1-c1nc(-c2cccc(Cl)c2)no1)Nc1ccccc1C(F)(F)F. The number of para-hydroxylation sites is 1. The van der Waals surface area contributed by atoms with Crippen molar-refractivity contribution in [2.45, 2.75) is 12.7 Å². The highest BCUT2D eigenvalue weighted by atomic mass is 35.5. The van der Waals surface area contributed by atoms with Gasteiger partial charge in [-0.1, -0.05) is 41.0 Å². The van der Waals surface area contributed by atoms with Gasteiger partial charge in [0.2, 0.25) is 11.7 Å². The Morgan fingerprint density at radius 1 is 1.10 bits per heavy atom. The van der Waals surface area contributed by atoms with Gasteiger partial charge in [-0.05, 0) is 36.4 Å². The lowest BCUT2D eigenvalue weighted by molar-refractivity contribution is -0.137. The lowest BCUT2D eigenvalue weighted by Gasteiger charge is -2.14. The Kier molecular flexibility index (Phi) is 5.51. The molecule has 0 atom stereocenters. The number of amides is 1. The summed E-state index contributed by atoms with van der Waals surface area (Å²) in [6.45, 7) is -0.247. The Hall–Kier alpha value is -3.59. The fraction of sp³-hybridized carbons (Fsp3) is 0.0952. The molecule has 0 saturated carbocycles. The number of rotatable bonds is 5. The van der Waals surface area contributed by atoms with E-state index in [0.29, 0.717) is 22.1 Å². The zero-order valence-corrected chi connectivity index (χ0v) is 16.5. The number of nitrogens with one attached hydrogen (secondary N) is 1. The van der Waals surface area contributed by atoms with Crippen molar-refractivity contribution in [1.29, 1.82) is 0 Å². The van der Waals surface area contributed by atoms with Gasteiger partial charge in [-0.3, -0.25) is 4.79 Å². The Balaban J connectivity index is 1.53. The van der Waals surface area contributed by atoms with E-state index in [1.165, 1.54) is 22.8 Å². The number of alkyl halides is 3. The number of anilines is 1. The number of nitrogens with zero attached hydrogens (tertiary/aromatic N) is 3. The Morgan fingerprint density at radius 3 is 2.68 bits per heavy atom. The zero-order valence-electron chi connectivity index (χ0n) is 15.7. The van der Waals surface area contributed by atoms with Gasteiger partial charge >= 0.3 is 6.18 Å². The first-order valence-corrected chi connectivity index (χ1v) is 9.40. The molecule has 0 aliphatic carbocycles. The maximum atomic E-state index is 13.1. The van der Waals surface area contributed by atoms with Gasteiger partial charge in [0, 0.05) is 16.8 Å². The maximum Gasteiger partial charge on any atom is 0.418 e. The number of carbonyl (C=O) groups is 1. The van der Waals surface area contributed by atoms with Crippen LogP contribution in [0.4, 0.5) is 18.9 Å². The maximum absolute atomic E-state index is 13.1. The van der Waals surface area contributed by atoms with E-state index in [-0.39, 0.29) is 18.1 Å². The van der Waals surface area contributed by atoms with E-state index >= 15 is 0 Å². The Bertz CT molecular complexity index is 1230. The smallest absolute Gasteiger partial charge is 0.334 e. The van der Waals surface area contributed by atoms with Gasteiger partial charge in [0.15, 0.2) is 0 Å². The number of hydrogen-bond donors (Lipinski definition) is 1. The molecule has 1 N–H and O–H groups in total. The van der Waals surface area contributed by atoms with Gasteiger partial charge in [0.1, 0.15) is 12.2 Å². The van der Waals surface area contributed by atoms with Crippen LogP contribution in [0.25, 0.3) is 23.0 Å². The van der Waals surface area contributed by atoms with E-state index < -0.39 is 17.6 Å². The fourth-order valence-corrected chi connectivity index (χ4v) is 3.19. The van der Waals surface area contributed by atoms with Crippen LogP contribution in [0.3, 0.4) is 0 Å². The van der Waals surface area contributed by atoms with Crippen LogP contribution in [0.15, 0.2) is 71.4 Å². The Morgan fingerprint density at radius 2 is 1.90 bits per heavy atom. The summed E-state index contributed by atoms with van der Waals surface area (Å²) >= 11 is 5.98. The molecular weight excluding hydrogens is 433 g/mol. The number of hydrogen-bond acceptors (Lipinski definition) is 4. The van der Waals surface area contributed by atoms with Gasteiger partial charge in [0.05, 0.1) is 11.3 Å². The van der Waals surface area contributed by atoms with Crippen molar-refractivity contribution in [1.82, 2.24) is 14.7 Å². The molecule has 158 valence electrons. The second-order valence-electron chi connectivity index (χ2n) is 6.55. The molecule has 2 heterocycles. The van der Waals surface area contributed by atoms with E-state index in [1.54, 1.807) is 42.6 Å². The van der Waals surface area contributed by atoms with E-state index in [2.05, 4.69) is 15.5 Å². The number of halogens is 4. The van der Waals surface area contributed by atoms with Crippen molar-refractivity contribution in [3.63, 3.8) is 0 Å². The summed E-state index contributed by atoms with van der Waals surface area (Å²) in [6, 6.07) is 15.0. The van der Waals surface area contributed by atoms with Crippen molar-refractivity contribution in [2.24, 2.45) is 0 Å². The molecule has 0 fully saturated rings. The zero-order chi connectivity index (χ0) is 22.0. The fourth-order valence-electron chi connectivity index (χ4n) is 3.00. The lowest BCUT2D eigenvalue weighted by atomic mass is 10.1. The molecule has 0 spiro atoms. The van der Waals surface area contributed by atoms with Gasteiger partial charge < -0.3 is 14.4 Å². The molecule has 1 amide bonds. The van der Waals surface area contributed by atoms with Gasteiger partial charge in [-0.2, -0.15) is 18.2 Å². The standard InChI is InChI=1S/C21H14ClF3N4O2/c22-14-6-3-5-13(11-14)19-27-20(31-28-19)17-9-4-10-29(17)12-18(30)26-16-8-2-1-7-15(16)21(23,24)25/h1-11H,12H2,(H,26,30). The Labute approximate surface area is 179 Å². The average Bonchev–Trinajstić information content (AvgIpc) is 3.37. The summed E-state index contributed by atoms with van der Waals surface area (Å²) < 4.78 is 46.2. The first kappa shape index (κ1) is 20.7. The molecule has 2 aromatic carbocycles. The van der Waals surface area contributed by atoms with Gasteiger partial charge in [0.25, 0.3) is 5.89 Å². The van der Waals surface area contributed by atoms with E-state index in [9.17, 15) is 18.0 Å². The summed E-state index contributed by atoms with van der Waals surface area (Å²) in [5.74, 6) is -0.166. The van der Waals surface area contributed by atoms with Crippen LogP contribution in [0.5, 0.6) is 0 Å². The van der Waals surface area contributed by atoms with Crippen molar-refractivity contribution >= 4 is 23.2 Å². The van der Waals surface area contributed by atoms with Crippen LogP contribution in [0.1, 0.15) is 5.56 Å². The van der Waals surface area contributed by atoms with Crippen LogP contribution in [-0.2, 0) is 17.5 Å². The minimum Gasteiger partial charge on any atom is -0.334 e. The first-order valence-electron chi connectivity index (χ1n) is 9.02. The molecule has 2 aromatic heterocycles. The molecule has 0 bridgehead atoms. The van der Waals surface area contributed by atoms with Crippen LogP contribution in [0.2, 0.25) is 5.02 Å². The van der Waals surface area contributed by atoms with Gasteiger partial charge in [-0.15, -0.1) is 0 Å². The van der Waals surface area contributed by atoms with Crippen LogP contribution < -0.4 is 5.32 Å². The first-order chi connectivity index (χ1) is 14.8. The summed E-state index contributed by atoms with van der Waals surface area (Å²) in [5, 5.41) is 6.75. The topological polar surface area (TPSA) is 73.0 Å². The molecule has 31 heavy (non-hydrogen) atoms. The highest BCUT2D eigenvalue weighted by molar-refractivity contribution is 6.30. The molecule has 4 rings (SSSR count). The van der Waals surface area contributed by atoms with Crippen LogP contribution in [0, 0.1) is 0 Å². The summed E-state index contributed by atoms with van der Waals surface area (Å²) in [7, 11) is 0. The third-order valence-corrected chi connectivity index (χ3v) is 4.61. The van der Waals surface area contributed by atoms with Crippen LogP contribution >= 0.6 is 11.6 Å². The predicted octanol–water partition coefficient (Wildman–Crippen LogP) is 5.52.